The number of anilines is 1. The van der Waals surface area contributed by atoms with E-state index in [-0.39, 0.29) is 23.6 Å². The molecule has 5 rings (SSSR count). The lowest BCUT2D eigenvalue weighted by Gasteiger charge is -2.33. The fraction of sp³-hybridized carbons (Fsp3) is 0.290. The third-order valence-electron chi connectivity index (χ3n) is 7.22. The van der Waals surface area contributed by atoms with Crippen LogP contribution in [0.25, 0.3) is 22.1 Å². The van der Waals surface area contributed by atoms with Gasteiger partial charge in [-0.05, 0) is 55.0 Å². The maximum Gasteiger partial charge on any atom is 0.360 e. The lowest BCUT2D eigenvalue weighted by Crippen LogP contribution is -2.55. The Morgan fingerprint density at radius 1 is 0.976 bits per heavy atom. The molecule has 3 aromatic carbocycles. The fourth-order valence-electron chi connectivity index (χ4n) is 4.95. The van der Waals surface area contributed by atoms with Crippen molar-refractivity contribution < 1.29 is 38.4 Å². The minimum atomic E-state index is -1.11. The van der Waals surface area contributed by atoms with Gasteiger partial charge in [0.25, 0.3) is 5.91 Å². The molecule has 1 saturated heterocycles. The molecule has 0 radical (unpaired) electrons. The van der Waals surface area contributed by atoms with Gasteiger partial charge in [0.1, 0.15) is 35.0 Å². The molecule has 4 N–H and O–H groups in total. The van der Waals surface area contributed by atoms with E-state index in [0.717, 1.165) is 5.56 Å². The lowest BCUT2D eigenvalue weighted by molar-refractivity contribution is -0.0658. The van der Waals surface area contributed by atoms with Gasteiger partial charge >= 0.3 is 5.63 Å². The van der Waals surface area contributed by atoms with Crippen molar-refractivity contribution >= 4 is 22.6 Å². The van der Waals surface area contributed by atoms with Crippen LogP contribution in [0, 0.1) is 6.92 Å². The molecular weight excluding hydrogens is 544 g/mol. The zero-order chi connectivity index (χ0) is 30.0. The summed E-state index contributed by atoms with van der Waals surface area (Å²) in [5, 5.41) is 26.5. The first-order chi connectivity index (χ1) is 20.2. The fourth-order valence-corrected chi connectivity index (χ4v) is 4.95. The molecule has 1 aromatic heterocycles. The average molecular weight is 577 g/mol. The molecule has 0 saturated carbocycles. The van der Waals surface area contributed by atoms with Crippen LogP contribution < -0.4 is 35.2 Å². The number of ether oxygens (including phenoxy) is 4. The normalized spacial score (nSPS) is 18.4. The van der Waals surface area contributed by atoms with Crippen LogP contribution in [0.3, 0.4) is 0 Å². The predicted octanol–water partition coefficient (Wildman–Crippen LogP) is 3.12. The number of nitrogens with one attached hydrogen (secondary N) is 2. The van der Waals surface area contributed by atoms with E-state index in [1.54, 1.807) is 45.4 Å². The van der Waals surface area contributed by atoms with Crippen molar-refractivity contribution in [2.75, 3.05) is 39.7 Å². The maximum atomic E-state index is 13.3. The molecule has 3 atom stereocenters. The molecule has 220 valence electrons. The highest BCUT2D eigenvalue weighted by Gasteiger charge is 2.33. The Labute approximate surface area is 241 Å². The molecule has 2 heterocycles. The van der Waals surface area contributed by atoms with Crippen molar-refractivity contribution in [3.63, 3.8) is 0 Å². The summed E-state index contributed by atoms with van der Waals surface area (Å²) in [5.41, 5.74) is 1.64. The van der Waals surface area contributed by atoms with Gasteiger partial charge in [-0.3, -0.25) is 4.79 Å². The Bertz CT molecular complexity index is 1680. The van der Waals surface area contributed by atoms with Crippen LogP contribution in [-0.4, -0.2) is 68.9 Å². The van der Waals surface area contributed by atoms with Crippen molar-refractivity contribution in [3.8, 4) is 34.1 Å². The van der Waals surface area contributed by atoms with Gasteiger partial charge in [0, 0.05) is 35.2 Å². The first kappa shape index (κ1) is 28.9. The van der Waals surface area contributed by atoms with Gasteiger partial charge < -0.3 is 44.2 Å². The summed E-state index contributed by atoms with van der Waals surface area (Å²) in [6.07, 6.45) is -2.86. The van der Waals surface area contributed by atoms with Gasteiger partial charge in [0.2, 0.25) is 0 Å². The number of piperidine rings is 1. The standard InChI is InChI=1S/C31H32N2O9/c1-16-28-19(13-25(40-4)29(16)41-26-15-32-14-23(34)27(26)35)12-22(31(37)42-28)33-30(36)18-8-9-24(39-3)21(11-18)17-6-5-7-20(10-17)38-2/h5-13,23,26-27,32,34-35H,14-15H2,1-4H3,(H,33,36)/t23-,26?,27-/m1/s1. The highest BCUT2D eigenvalue weighted by atomic mass is 16.5. The van der Waals surface area contributed by atoms with E-state index in [2.05, 4.69) is 10.6 Å². The summed E-state index contributed by atoms with van der Waals surface area (Å²) in [4.78, 5) is 26.3. The van der Waals surface area contributed by atoms with Crippen molar-refractivity contribution in [3.05, 3.63) is 76.1 Å². The summed E-state index contributed by atoms with van der Waals surface area (Å²) in [6.45, 7) is 2.24. The third kappa shape index (κ3) is 5.62. The van der Waals surface area contributed by atoms with Crippen LogP contribution in [0.2, 0.25) is 0 Å². The Balaban J connectivity index is 1.46. The van der Waals surface area contributed by atoms with Crippen LogP contribution in [-0.2, 0) is 0 Å². The minimum absolute atomic E-state index is 0.0589. The molecule has 1 unspecified atom stereocenters. The molecule has 1 aliphatic heterocycles. The number of aliphatic hydroxyl groups is 2. The van der Waals surface area contributed by atoms with E-state index in [4.69, 9.17) is 23.4 Å². The number of benzene rings is 3. The topological polar surface area (TPSA) is 149 Å². The number of β-amino-alcohol motifs (C(OH)–C–C–N with tert-alkyl or cyclic N) is 1. The molecule has 1 amide bonds. The molecule has 0 aliphatic carbocycles. The number of carbonyl (C=O) groups excluding carboxylic acids is 1. The van der Waals surface area contributed by atoms with Gasteiger partial charge in [0.05, 0.1) is 27.4 Å². The molecule has 0 spiro atoms. The van der Waals surface area contributed by atoms with Crippen molar-refractivity contribution in [1.29, 1.82) is 0 Å². The average Bonchev–Trinajstić information content (AvgIpc) is 3.01. The van der Waals surface area contributed by atoms with E-state index in [1.807, 2.05) is 24.3 Å². The molecule has 4 aromatic rings. The first-order valence-electron chi connectivity index (χ1n) is 13.3. The summed E-state index contributed by atoms with van der Waals surface area (Å²) < 4.78 is 28.0. The molecular formula is C31H32N2O9. The minimum Gasteiger partial charge on any atom is -0.497 e. The third-order valence-corrected chi connectivity index (χ3v) is 7.22. The smallest absolute Gasteiger partial charge is 0.360 e. The lowest BCUT2D eigenvalue weighted by atomic mass is 10.0. The van der Waals surface area contributed by atoms with Crippen LogP contribution >= 0.6 is 0 Å². The maximum absolute atomic E-state index is 13.3. The van der Waals surface area contributed by atoms with E-state index < -0.39 is 29.8 Å². The number of methoxy groups -OCH3 is 3. The van der Waals surface area contributed by atoms with Crippen molar-refractivity contribution in [2.45, 2.75) is 25.2 Å². The Kier molecular flexibility index (Phi) is 8.34. The monoisotopic (exact) mass is 576 g/mol. The van der Waals surface area contributed by atoms with Crippen LogP contribution in [0.15, 0.2) is 63.8 Å². The number of amides is 1. The van der Waals surface area contributed by atoms with E-state index in [0.29, 0.717) is 45.9 Å². The number of aryl methyl sites for hydroxylation is 1. The molecule has 1 fully saturated rings. The highest BCUT2D eigenvalue weighted by molar-refractivity contribution is 6.06. The van der Waals surface area contributed by atoms with E-state index in [9.17, 15) is 19.8 Å². The summed E-state index contributed by atoms with van der Waals surface area (Å²) in [5.74, 6) is 1.30. The highest BCUT2D eigenvalue weighted by Crippen LogP contribution is 2.39. The number of carbonyl (C=O) groups is 1. The van der Waals surface area contributed by atoms with Gasteiger partial charge in [-0.2, -0.15) is 0 Å². The molecule has 1 aliphatic rings. The second-order valence-corrected chi connectivity index (χ2v) is 9.87. The summed E-state index contributed by atoms with van der Waals surface area (Å²) in [7, 11) is 4.58. The van der Waals surface area contributed by atoms with Crippen LogP contribution in [0.4, 0.5) is 5.69 Å². The van der Waals surface area contributed by atoms with Gasteiger partial charge in [0.15, 0.2) is 11.5 Å². The Hall–Kier alpha value is -4.58. The summed E-state index contributed by atoms with van der Waals surface area (Å²) in [6, 6.07) is 15.4. The Morgan fingerprint density at radius 3 is 2.50 bits per heavy atom. The SMILES string of the molecule is COc1cccc(-c2cc(C(=O)Nc3cc4cc(OC)c(OC5CNC[C@@H](O)[C@H]5O)c(C)c4oc3=O)ccc2OC)c1. The second kappa shape index (κ2) is 12.1. The van der Waals surface area contributed by atoms with Gasteiger partial charge in [-0.15, -0.1) is 0 Å². The quantitative estimate of drug-likeness (QED) is 0.231. The van der Waals surface area contributed by atoms with Gasteiger partial charge in [-0.1, -0.05) is 12.1 Å². The molecule has 42 heavy (non-hydrogen) atoms. The van der Waals surface area contributed by atoms with Crippen LogP contribution in [0.1, 0.15) is 15.9 Å². The largest absolute Gasteiger partial charge is 0.497 e. The number of hydrogen-bond donors (Lipinski definition) is 4. The van der Waals surface area contributed by atoms with Gasteiger partial charge in [-0.25, -0.2) is 4.79 Å². The summed E-state index contributed by atoms with van der Waals surface area (Å²) >= 11 is 0. The first-order valence-corrected chi connectivity index (χ1v) is 13.3. The zero-order valence-corrected chi connectivity index (χ0v) is 23.6. The zero-order valence-electron chi connectivity index (χ0n) is 23.6. The van der Waals surface area contributed by atoms with Crippen molar-refractivity contribution in [1.82, 2.24) is 5.32 Å². The van der Waals surface area contributed by atoms with E-state index >= 15 is 0 Å². The Morgan fingerprint density at radius 2 is 1.76 bits per heavy atom. The number of fused-ring (bicyclic) bond motifs is 1. The molecule has 11 heteroatoms. The predicted molar refractivity (Wildman–Crippen MR) is 156 cm³/mol. The van der Waals surface area contributed by atoms with Crippen LogP contribution in [0.5, 0.6) is 23.0 Å². The number of rotatable bonds is 8. The molecule has 0 bridgehead atoms. The van der Waals surface area contributed by atoms with Crippen molar-refractivity contribution in [2.24, 2.45) is 0 Å². The molecule has 11 nitrogen and oxygen atoms in total. The second-order valence-electron chi connectivity index (χ2n) is 9.87. The number of hydrogen-bond acceptors (Lipinski definition) is 10. The number of aliphatic hydroxyl groups excluding tert-OH is 2. The van der Waals surface area contributed by atoms with E-state index in [1.165, 1.54) is 13.2 Å².